The van der Waals surface area contributed by atoms with E-state index in [0.717, 1.165) is 0 Å². The first kappa shape index (κ1) is 11.9. The van der Waals surface area contributed by atoms with Crippen LogP contribution >= 0.6 is 0 Å². The summed E-state index contributed by atoms with van der Waals surface area (Å²) in [5.74, 6) is 0. The van der Waals surface area contributed by atoms with Crippen molar-refractivity contribution < 1.29 is 20.1 Å². The largest absolute Gasteiger partial charge is 0.394 e. The summed E-state index contributed by atoms with van der Waals surface area (Å²) < 4.78 is 5.52. The minimum absolute atomic E-state index is 0.0887. The van der Waals surface area contributed by atoms with E-state index in [2.05, 4.69) is 0 Å². The summed E-state index contributed by atoms with van der Waals surface area (Å²) >= 11 is 0. The lowest BCUT2D eigenvalue weighted by Gasteiger charge is -2.42. The Bertz CT molecular complexity index is 187. The Hall–Kier alpha value is -0.160. The minimum Gasteiger partial charge on any atom is -0.394 e. The molecule has 4 nitrogen and oxygen atoms in total. The normalized spacial score (nSPS) is 39.9. The van der Waals surface area contributed by atoms with Crippen LogP contribution in [0.15, 0.2) is 0 Å². The molecule has 0 aromatic carbocycles. The van der Waals surface area contributed by atoms with Gasteiger partial charge in [0, 0.05) is 6.42 Å². The third kappa shape index (κ3) is 2.45. The van der Waals surface area contributed by atoms with Crippen molar-refractivity contribution in [3.05, 3.63) is 0 Å². The van der Waals surface area contributed by atoms with Gasteiger partial charge in [0.1, 0.15) is 12.2 Å². The summed E-state index contributed by atoms with van der Waals surface area (Å²) in [6, 6.07) is 0. The lowest BCUT2D eigenvalue weighted by atomic mass is 9.82. The van der Waals surface area contributed by atoms with Gasteiger partial charge in [-0.1, -0.05) is 20.8 Å². The Kier molecular flexibility index (Phi) is 3.53. The second-order valence-corrected chi connectivity index (χ2v) is 5.01. The van der Waals surface area contributed by atoms with E-state index >= 15 is 0 Å². The molecule has 0 aliphatic carbocycles. The molecule has 1 aliphatic rings. The van der Waals surface area contributed by atoms with Gasteiger partial charge in [0.05, 0.1) is 18.8 Å². The molecule has 0 spiro atoms. The molecule has 84 valence electrons. The highest BCUT2D eigenvalue weighted by atomic mass is 16.5. The molecule has 1 fully saturated rings. The van der Waals surface area contributed by atoms with Crippen molar-refractivity contribution in [3.63, 3.8) is 0 Å². The van der Waals surface area contributed by atoms with Crippen LogP contribution in [-0.4, -0.2) is 46.3 Å². The van der Waals surface area contributed by atoms with Gasteiger partial charge in [-0.05, 0) is 5.41 Å². The quantitative estimate of drug-likeness (QED) is 0.558. The van der Waals surface area contributed by atoms with Gasteiger partial charge in [-0.15, -0.1) is 0 Å². The van der Waals surface area contributed by atoms with Crippen molar-refractivity contribution >= 4 is 0 Å². The van der Waals surface area contributed by atoms with Crippen LogP contribution in [-0.2, 0) is 4.74 Å². The molecule has 0 aromatic rings. The highest BCUT2D eigenvalue weighted by Gasteiger charge is 2.40. The van der Waals surface area contributed by atoms with E-state index in [0.29, 0.717) is 6.42 Å². The SMILES string of the molecule is CC(C)(C)C1C[C@H](O)[C@H](O)C(CO)O1. The van der Waals surface area contributed by atoms with Crippen molar-refractivity contribution in [2.45, 2.75) is 51.6 Å². The highest BCUT2D eigenvalue weighted by molar-refractivity contribution is 4.89. The molecule has 1 heterocycles. The molecular formula is C10H20O4. The predicted octanol–water partition coefficient (Wildman–Crippen LogP) is -0.0959. The maximum Gasteiger partial charge on any atom is 0.109 e. The molecule has 4 atom stereocenters. The molecule has 0 aromatic heterocycles. The average molecular weight is 204 g/mol. The predicted molar refractivity (Wildman–Crippen MR) is 51.8 cm³/mol. The van der Waals surface area contributed by atoms with Crippen molar-refractivity contribution in [1.29, 1.82) is 0 Å². The molecule has 1 aliphatic heterocycles. The number of hydrogen-bond acceptors (Lipinski definition) is 4. The first-order valence-electron chi connectivity index (χ1n) is 4.98. The van der Waals surface area contributed by atoms with Gasteiger partial charge in [-0.25, -0.2) is 0 Å². The Morgan fingerprint density at radius 1 is 1.29 bits per heavy atom. The van der Waals surface area contributed by atoms with Gasteiger partial charge >= 0.3 is 0 Å². The lowest BCUT2D eigenvalue weighted by molar-refractivity contribution is -0.201. The van der Waals surface area contributed by atoms with Gasteiger partial charge in [0.15, 0.2) is 0 Å². The van der Waals surface area contributed by atoms with Gasteiger partial charge in [-0.2, -0.15) is 0 Å². The topological polar surface area (TPSA) is 69.9 Å². The first-order chi connectivity index (χ1) is 6.36. The Morgan fingerprint density at radius 3 is 2.29 bits per heavy atom. The zero-order valence-electron chi connectivity index (χ0n) is 8.97. The lowest BCUT2D eigenvalue weighted by Crippen LogP contribution is -2.52. The fraction of sp³-hybridized carbons (Fsp3) is 1.00. The maximum atomic E-state index is 9.57. The number of rotatable bonds is 1. The first-order valence-corrected chi connectivity index (χ1v) is 4.98. The monoisotopic (exact) mass is 204 g/mol. The van der Waals surface area contributed by atoms with Crippen LogP contribution in [0.5, 0.6) is 0 Å². The minimum atomic E-state index is -0.974. The molecular weight excluding hydrogens is 184 g/mol. The molecule has 3 N–H and O–H groups in total. The van der Waals surface area contributed by atoms with Crippen LogP contribution < -0.4 is 0 Å². The third-order valence-electron chi connectivity index (χ3n) is 2.72. The Morgan fingerprint density at radius 2 is 1.86 bits per heavy atom. The summed E-state index contributed by atoms with van der Waals surface area (Å²) in [4.78, 5) is 0. The second kappa shape index (κ2) is 4.14. The molecule has 4 heteroatoms. The summed E-state index contributed by atoms with van der Waals surface area (Å²) in [5.41, 5.74) is -0.0887. The zero-order valence-corrected chi connectivity index (χ0v) is 8.97. The van der Waals surface area contributed by atoms with E-state index in [-0.39, 0.29) is 18.1 Å². The molecule has 0 saturated carbocycles. The molecule has 0 bridgehead atoms. The van der Waals surface area contributed by atoms with Crippen molar-refractivity contribution in [3.8, 4) is 0 Å². The van der Waals surface area contributed by atoms with E-state index in [4.69, 9.17) is 9.84 Å². The second-order valence-electron chi connectivity index (χ2n) is 5.01. The summed E-state index contributed by atoms with van der Waals surface area (Å²) in [5, 5.41) is 28.0. The van der Waals surface area contributed by atoms with Gasteiger partial charge in [0.25, 0.3) is 0 Å². The summed E-state index contributed by atoms with van der Waals surface area (Å²) in [6.07, 6.45) is -2.15. The van der Waals surface area contributed by atoms with Crippen molar-refractivity contribution in [2.75, 3.05) is 6.61 Å². The molecule has 1 rings (SSSR count). The number of hydrogen-bond donors (Lipinski definition) is 3. The summed E-state index contributed by atoms with van der Waals surface area (Å²) in [6.45, 7) is 5.77. The van der Waals surface area contributed by atoms with Crippen LogP contribution in [0.25, 0.3) is 0 Å². The van der Waals surface area contributed by atoms with E-state index in [9.17, 15) is 10.2 Å². The molecule has 2 unspecified atom stereocenters. The summed E-state index contributed by atoms with van der Waals surface area (Å²) in [7, 11) is 0. The van der Waals surface area contributed by atoms with Crippen LogP contribution in [0.3, 0.4) is 0 Å². The molecule has 0 amide bonds. The molecule has 1 saturated heterocycles. The number of aliphatic hydroxyl groups is 3. The van der Waals surface area contributed by atoms with Gasteiger partial charge in [0.2, 0.25) is 0 Å². The zero-order chi connectivity index (χ0) is 10.9. The van der Waals surface area contributed by atoms with E-state index < -0.39 is 18.3 Å². The Labute approximate surface area is 84.5 Å². The maximum absolute atomic E-state index is 9.57. The van der Waals surface area contributed by atoms with Gasteiger partial charge in [-0.3, -0.25) is 0 Å². The van der Waals surface area contributed by atoms with Crippen LogP contribution in [0.2, 0.25) is 0 Å². The standard InChI is InChI=1S/C10H20O4/c1-10(2,3)8-4-6(12)9(13)7(5-11)14-8/h6-9,11-13H,4-5H2,1-3H3/t6-,7?,8?,9-/m0/s1. The number of aliphatic hydroxyl groups excluding tert-OH is 3. The average Bonchev–Trinajstić information content (AvgIpc) is 2.07. The van der Waals surface area contributed by atoms with E-state index in [1.165, 1.54) is 0 Å². The van der Waals surface area contributed by atoms with Crippen molar-refractivity contribution in [2.24, 2.45) is 5.41 Å². The fourth-order valence-electron chi connectivity index (χ4n) is 1.66. The van der Waals surface area contributed by atoms with Gasteiger partial charge < -0.3 is 20.1 Å². The van der Waals surface area contributed by atoms with Crippen molar-refractivity contribution in [1.82, 2.24) is 0 Å². The highest BCUT2D eigenvalue weighted by Crippen LogP contribution is 2.32. The van der Waals surface area contributed by atoms with Crippen LogP contribution in [0, 0.1) is 5.41 Å². The third-order valence-corrected chi connectivity index (χ3v) is 2.72. The van der Waals surface area contributed by atoms with E-state index in [1.54, 1.807) is 0 Å². The van der Waals surface area contributed by atoms with Crippen LogP contribution in [0.4, 0.5) is 0 Å². The smallest absolute Gasteiger partial charge is 0.109 e. The van der Waals surface area contributed by atoms with Crippen LogP contribution in [0.1, 0.15) is 27.2 Å². The number of ether oxygens (including phenoxy) is 1. The molecule has 14 heavy (non-hydrogen) atoms. The van der Waals surface area contributed by atoms with E-state index in [1.807, 2.05) is 20.8 Å². The Balaban J connectivity index is 2.68. The fourth-order valence-corrected chi connectivity index (χ4v) is 1.66. The molecule has 0 radical (unpaired) electrons.